The number of quaternary nitrogens is 4. The summed E-state index contributed by atoms with van der Waals surface area (Å²) in [5.74, 6) is -11.5. The smallest absolute Gasteiger partial charge is 0.346 e. The zero-order valence-electron chi connectivity index (χ0n) is 68.6. The number of hydrogen-bond acceptors (Lipinski definition) is 20. The van der Waals surface area contributed by atoms with Gasteiger partial charge in [-0.2, -0.15) is 0 Å². The number of benzene rings is 6. The van der Waals surface area contributed by atoms with Crippen LogP contribution in [-0.4, -0.2) is 139 Å². The van der Waals surface area contributed by atoms with E-state index in [1.54, 1.807) is 0 Å². The lowest BCUT2D eigenvalue weighted by molar-refractivity contribution is -0.417. The van der Waals surface area contributed by atoms with E-state index in [-0.39, 0.29) is 123 Å². The third-order valence-electron chi connectivity index (χ3n) is 24.5. The summed E-state index contributed by atoms with van der Waals surface area (Å²) in [6.45, 7) is 2.00. The minimum atomic E-state index is -1.57. The van der Waals surface area contributed by atoms with Gasteiger partial charge in [0.25, 0.3) is 23.6 Å². The van der Waals surface area contributed by atoms with E-state index in [1.807, 2.05) is 0 Å². The van der Waals surface area contributed by atoms with Crippen molar-refractivity contribution in [2.24, 2.45) is 5.73 Å². The van der Waals surface area contributed by atoms with Crippen LogP contribution in [0.1, 0.15) is 368 Å². The Morgan fingerprint density at radius 3 is 0.605 bits per heavy atom. The average molecular weight is 1640 g/mol. The van der Waals surface area contributed by atoms with Crippen LogP contribution in [0.25, 0.3) is 32.3 Å². The second-order valence-electron chi connectivity index (χ2n) is 33.5. The monoisotopic (exact) mass is 1640 g/mol. The molecule has 12 aliphatic rings. The molecule has 6 aromatic rings. The highest BCUT2D eigenvalue weighted by atomic mass is 16.6. The van der Waals surface area contributed by atoms with Gasteiger partial charge in [0.1, 0.15) is 0 Å². The van der Waals surface area contributed by atoms with Crippen molar-refractivity contribution in [1.82, 2.24) is 21.3 Å². The molecule has 6 aromatic carbocycles. The van der Waals surface area contributed by atoms with Crippen LogP contribution in [0.2, 0.25) is 0 Å². The number of carbonyl (C=O) groups excluding carboxylic acids is 12. The summed E-state index contributed by atoms with van der Waals surface area (Å²) in [5.41, 5.74) is 20.5. The number of ether oxygens (including phenoxy) is 3. The first-order valence-electron chi connectivity index (χ1n) is 43.3. The van der Waals surface area contributed by atoms with Gasteiger partial charge in [0.15, 0.2) is 0 Å². The molecule has 0 atom stereocenters. The Morgan fingerprint density at radius 2 is 0.454 bits per heavy atom. The summed E-state index contributed by atoms with van der Waals surface area (Å²) < 4.78 is 14.2. The van der Waals surface area contributed by atoms with Gasteiger partial charge < -0.3 is 104 Å². The van der Waals surface area contributed by atoms with Crippen molar-refractivity contribution in [2.45, 2.75) is 298 Å². The zero-order chi connectivity index (χ0) is 85.2. The number of nitrogens with one attached hydrogen (secondary N) is 4. The van der Waals surface area contributed by atoms with Crippen LogP contribution in [0.4, 0.5) is 0 Å². The molecule has 119 heavy (non-hydrogen) atoms. The van der Waals surface area contributed by atoms with Crippen LogP contribution < -0.4 is 70.4 Å². The molecule has 0 unspecified atom stereocenters. The van der Waals surface area contributed by atoms with Gasteiger partial charge in [-0.15, -0.1) is 0 Å². The zero-order valence-corrected chi connectivity index (χ0v) is 68.6. The standard InChI is InChI=1S/2C24H26N2O6.C14H4O6.5C5H11N.C4H8O/c27-21(25-13-5-1-2-6-13)15-9-11-18(24(31)32)20-16(10-12-17(19(15)20)23(29)30)22(28)26-14-7-3-4-8-14;27-21(25-13-5-1-2-6-13)15-9-10-16(22(28)26-14-7-3-4-8-14)20-18(24(31)32)12-11-17(19(15)20)23(29)30;15-11-5-1-2-6-10-8(14(18)20-12(6)16)4-3-7(9(5)10)13(17)19-11;5*6-5-3-1-2-4-5;1-2-4-5-3-1/h2*9-14H,1-8H2,(H,25,27)(H,26,28)(H,29,30)(H,31,32);1-4H;5*5H,1-4,6H2;1-4H2. The van der Waals surface area contributed by atoms with Crippen molar-refractivity contribution < 1.29 is 115 Å². The van der Waals surface area contributed by atoms with Gasteiger partial charge in [0, 0.05) is 120 Å². The van der Waals surface area contributed by atoms with Gasteiger partial charge in [-0.25, -0.2) is 19.2 Å². The summed E-state index contributed by atoms with van der Waals surface area (Å²) in [5, 5.41) is 59.1. The molecule has 28 heteroatoms. The summed E-state index contributed by atoms with van der Waals surface area (Å²) in [6, 6.07) is 19.0. The molecule has 18 rings (SSSR count). The molecule has 1 saturated heterocycles. The van der Waals surface area contributed by atoms with Crippen LogP contribution in [0.15, 0.2) is 72.8 Å². The van der Waals surface area contributed by atoms with Crippen molar-refractivity contribution >= 4 is 104 Å². The topological polar surface area (TPSA) is 509 Å². The molecule has 9 aliphatic carbocycles. The molecule has 0 spiro atoms. The SMILES string of the molecule is C1CCOC1.NC1CCCC1.O=C([O-])c1ccc(C(=O)NC2CCCC2)c2c(C(=O)[O-])ccc(C(=O)NC3CCCC3)c12.O=C([O-])c1ccc(C(=O)[O-])c2c(C(=O)NC3CCCC3)ccc(C(=O)NC3CCCC3)c12.O=C1OC(=O)c2ccc3c4c(ccc1c24)C(=O)OC3=O.[NH3+]C1CCCC1.[NH3+]C1CCCC1.[NH3+]C1CCCC1.[NH3+]C1CCCC1. The first-order chi connectivity index (χ1) is 57.3. The number of esters is 4. The quantitative estimate of drug-likeness (QED) is 0.0527. The summed E-state index contributed by atoms with van der Waals surface area (Å²) in [7, 11) is 0. The largest absolute Gasteiger partial charge is 0.545 e. The van der Waals surface area contributed by atoms with E-state index in [0.29, 0.717) is 6.04 Å². The van der Waals surface area contributed by atoms with Crippen LogP contribution in [0.5, 0.6) is 0 Å². The van der Waals surface area contributed by atoms with E-state index in [2.05, 4.69) is 53.7 Å². The Hall–Kier alpha value is -10.1. The highest BCUT2D eigenvalue weighted by Gasteiger charge is 2.36. The fourth-order valence-electron chi connectivity index (χ4n) is 17.8. The highest BCUT2D eigenvalue weighted by Crippen LogP contribution is 2.38. The molecule has 18 N–H and O–H groups in total. The third kappa shape index (κ3) is 25.0. The van der Waals surface area contributed by atoms with Gasteiger partial charge >= 0.3 is 23.9 Å². The predicted octanol–water partition coefficient (Wildman–Crippen LogP) is 5.65. The minimum Gasteiger partial charge on any atom is -0.545 e. The lowest BCUT2D eigenvalue weighted by atomic mass is 9.89. The van der Waals surface area contributed by atoms with E-state index >= 15 is 0 Å². The van der Waals surface area contributed by atoms with Gasteiger partial charge in [-0.1, -0.05) is 88.5 Å². The fraction of sp³-hybridized carbons (Fsp3) is 0.538. The summed E-state index contributed by atoms with van der Waals surface area (Å²) in [6.07, 6.45) is 44.7. The van der Waals surface area contributed by atoms with Crippen LogP contribution >= 0.6 is 0 Å². The van der Waals surface area contributed by atoms with E-state index in [9.17, 15) is 78.0 Å². The molecule has 9 saturated carbocycles. The van der Waals surface area contributed by atoms with Crippen molar-refractivity contribution in [3.63, 3.8) is 0 Å². The summed E-state index contributed by atoms with van der Waals surface area (Å²) in [4.78, 5) is 147. The van der Waals surface area contributed by atoms with E-state index in [4.69, 9.17) is 10.5 Å². The Balaban J connectivity index is 0.000000157. The van der Waals surface area contributed by atoms with Crippen LogP contribution in [-0.2, 0) is 14.2 Å². The number of carboxylic acid groups (broad SMARTS) is 4. The predicted molar refractivity (Wildman–Crippen MR) is 435 cm³/mol. The van der Waals surface area contributed by atoms with E-state index < -0.39 is 71.4 Å². The minimum absolute atomic E-state index is 0.00776. The fourth-order valence-corrected chi connectivity index (χ4v) is 17.8. The molecule has 0 bridgehead atoms. The first kappa shape index (κ1) is 91.2. The second-order valence-corrected chi connectivity index (χ2v) is 33.5. The van der Waals surface area contributed by atoms with Crippen molar-refractivity contribution in [1.29, 1.82) is 0 Å². The molecule has 3 heterocycles. The highest BCUT2D eigenvalue weighted by molar-refractivity contribution is 6.30. The number of hydrogen-bond donors (Lipinski definition) is 9. The molecule has 0 radical (unpaired) electrons. The molecule has 10 fully saturated rings. The van der Waals surface area contributed by atoms with E-state index in [0.717, 1.165) is 152 Å². The van der Waals surface area contributed by atoms with Crippen molar-refractivity contribution in [3.05, 3.63) is 140 Å². The molecule has 3 aliphatic heterocycles. The van der Waals surface area contributed by atoms with Gasteiger partial charge in [-0.3, -0.25) is 19.2 Å². The Kier molecular flexibility index (Phi) is 34.3. The number of nitrogens with two attached hydrogens (primary N) is 1. The molecule has 28 nitrogen and oxygen atoms in total. The number of fused-ring (bicyclic) bond motifs is 2. The lowest BCUT2D eigenvalue weighted by Crippen LogP contribution is -2.59. The molecule has 0 aromatic heterocycles. The van der Waals surface area contributed by atoms with Crippen molar-refractivity contribution in [3.8, 4) is 0 Å². The van der Waals surface area contributed by atoms with E-state index in [1.165, 1.54) is 202 Å². The lowest BCUT2D eigenvalue weighted by Gasteiger charge is -2.21. The molecular weight excluding hydrogens is 1520 g/mol. The number of cyclic esters (lactones) is 4. The maximum Gasteiger partial charge on any atom is 0.346 e. The number of aromatic carboxylic acids is 4. The average Bonchev–Trinajstić information content (AvgIpc) is 1.50. The third-order valence-corrected chi connectivity index (χ3v) is 24.5. The number of carbonyl (C=O) groups is 12. The van der Waals surface area contributed by atoms with Gasteiger partial charge in [0.05, 0.1) is 70.3 Å². The number of carboxylic acids is 4. The Morgan fingerprint density at radius 1 is 0.269 bits per heavy atom. The van der Waals surface area contributed by atoms with Crippen molar-refractivity contribution in [2.75, 3.05) is 13.2 Å². The van der Waals surface area contributed by atoms with Gasteiger partial charge in [-0.05, 0) is 228 Å². The molecule has 4 amide bonds. The number of amides is 4. The Labute approximate surface area is 693 Å². The molecular formula is C91H119N9O19. The maximum absolute atomic E-state index is 13.0. The van der Waals surface area contributed by atoms with Crippen LogP contribution in [0.3, 0.4) is 0 Å². The van der Waals surface area contributed by atoms with Gasteiger partial charge in [0.2, 0.25) is 0 Å². The second kappa shape index (κ2) is 44.8. The maximum atomic E-state index is 13.0. The Bertz CT molecular complexity index is 4100. The first-order valence-corrected chi connectivity index (χ1v) is 43.3. The normalized spacial score (nSPS) is 19.2. The summed E-state index contributed by atoms with van der Waals surface area (Å²) >= 11 is 0. The number of rotatable bonds is 12. The van der Waals surface area contributed by atoms with Crippen LogP contribution in [0, 0.1) is 0 Å². The molecule has 642 valence electrons.